The van der Waals surface area contributed by atoms with Gasteiger partial charge in [0, 0.05) is 32.7 Å². The highest BCUT2D eigenvalue weighted by Crippen LogP contribution is 2.37. The lowest BCUT2D eigenvalue weighted by Crippen LogP contribution is -2.08. The Bertz CT molecular complexity index is 1020. The largest absolute Gasteiger partial charge is 0.493 e. The molecule has 2 aromatic carbocycles. The van der Waals surface area contributed by atoms with Crippen molar-refractivity contribution >= 4 is 44.1 Å². The maximum Gasteiger partial charge on any atom is 0.248 e. The average molecular weight is 428 g/mol. The minimum atomic E-state index is -0.182. The van der Waals surface area contributed by atoms with Gasteiger partial charge < -0.3 is 14.5 Å². The smallest absolute Gasteiger partial charge is 0.248 e. The van der Waals surface area contributed by atoms with E-state index in [0.29, 0.717) is 6.61 Å². The lowest BCUT2D eigenvalue weighted by Gasteiger charge is -2.14. The van der Waals surface area contributed by atoms with Crippen molar-refractivity contribution < 1.29 is 13.9 Å². The summed E-state index contributed by atoms with van der Waals surface area (Å²) < 4.78 is 12.5. The lowest BCUT2D eigenvalue weighted by atomic mass is 9.98. The molecule has 0 aliphatic heterocycles. The summed E-state index contributed by atoms with van der Waals surface area (Å²) in [6.07, 6.45) is 3.34. The zero-order chi connectivity index (χ0) is 19.6. The molecule has 0 aliphatic rings. The van der Waals surface area contributed by atoms with Crippen molar-refractivity contribution in [2.75, 3.05) is 11.9 Å². The van der Waals surface area contributed by atoms with E-state index in [1.807, 2.05) is 58.0 Å². The van der Waals surface area contributed by atoms with Gasteiger partial charge in [-0.1, -0.05) is 15.9 Å². The number of allylic oxidation sites excluding steroid dienone is 1. The molecule has 0 unspecified atom stereocenters. The fourth-order valence-electron chi connectivity index (χ4n) is 3.05. The second-order valence-electron chi connectivity index (χ2n) is 6.43. The van der Waals surface area contributed by atoms with Crippen LogP contribution in [0.15, 0.2) is 51.6 Å². The summed E-state index contributed by atoms with van der Waals surface area (Å²) in [6, 6.07) is 9.51. The normalized spacial score (nSPS) is 11.7. The molecule has 1 heterocycles. The second-order valence-corrected chi connectivity index (χ2v) is 7.35. The number of furan rings is 1. The number of ether oxygens (including phenoxy) is 1. The Morgan fingerprint density at radius 2 is 1.96 bits per heavy atom. The molecule has 3 rings (SSSR count). The second kappa shape index (κ2) is 8.01. The first kappa shape index (κ1) is 19.2. The van der Waals surface area contributed by atoms with Crippen molar-refractivity contribution in [3.8, 4) is 5.75 Å². The number of anilines is 1. The van der Waals surface area contributed by atoms with E-state index in [9.17, 15) is 4.79 Å². The molecule has 4 nitrogen and oxygen atoms in total. The van der Waals surface area contributed by atoms with Gasteiger partial charge in [-0.2, -0.15) is 0 Å². The van der Waals surface area contributed by atoms with Crippen LogP contribution in [-0.2, 0) is 4.79 Å². The lowest BCUT2D eigenvalue weighted by molar-refractivity contribution is -0.111. The predicted molar refractivity (Wildman–Crippen MR) is 113 cm³/mol. The number of halogens is 1. The van der Waals surface area contributed by atoms with E-state index in [2.05, 4.69) is 21.2 Å². The summed E-state index contributed by atoms with van der Waals surface area (Å²) in [5.41, 5.74) is 5.31. The average Bonchev–Trinajstić information content (AvgIpc) is 3.00. The summed E-state index contributed by atoms with van der Waals surface area (Å²) in [6.45, 7) is 8.39. The summed E-state index contributed by atoms with van der Waals surface area (Å²) in [5, 5.41) is 3.92. The zero-order valence-electron chi connectivity index (χ0n) is 15.9. The van der Waals surface area contributed by atoms with Crippen molar-refractivity contribution in [3.05, 3.63) is 63.8 Å². The van der Waals surface area contributed by atoms with E-state index in [1.165, 1.54) is 0 Å². The number of benzene rings is 2. The highest BCUT2D eigenvalue weighted by molar-refractivity contribution is 9.10. The Morgan fingerprint density at radius 3 is 2.63 bits per heavy atom. The van der Waals surface area contributed by atoms with Crippen LogP contribution in [0.4, 0.5) is 5.69 Å². The quantitative estimate of drug-likeness (QED) is 0.489. The molecule has 27 heavy (non-hydrogen) atoms. The Kier molecular flexibility index (Phi) is 5.71. The van der Waals surface area contributed by atoms with Gasteiger partial charge in [0.15, 0.2) is 0 Å². The molecule has 0 radical (unpaired) electrons. The Labute approximate surface area is 167 Å². The number of fused-ring (bicyclic) bond motifs is 1. The van der Waals surface area contributed by atoms with Gasteiger partial charge >= 0.3 is 0 Å². The minimum absolute atomic E-state index is 0.182. The van der Waals surface area contributed by atoms with Gasteiger partial charge in [0.1, 0.15) is 11.3 Å². The van der Waals surface area contributed by atoms with Crippen molar-refractivity contribution in [1.29, 1.82) is 0 Å². The number of carbonyl (C=O) groups excluding carboxylic acids is 1. The standard InChI is InChI=1S/C22H22BrNO3/c1-5-26-21-15(4)22-19(14(3)12-27-22)11-18(21)13(2)10-20(25)24-17-8-6-16(23)7-9-17/h6-12H,5H2,1-4H3,(H,24,25)/b13-10+. The van der Waals surface area contributed by atoms with Crippen LogP contribution in [0.5, 0.6) is 5.75 Å². The molecule has 0 spiro atoms. The minimum Gasteiger partial charge on any atom is -0.493 e. The van der Waals surface area contributed by atoms with Gasteiger partial charge in [-0.3, -0.25) is 4.79 Å². The van der Waals surface area contributed by atoms with E-state index in [4.69, 9.17) is 9.15 Å². The van der Waals surface area contributed by atoms with E-state index in [0.717, 1.165) is 49.1 Å². The third-order valence-corrected chi connectivity index (χ3v) is 4.94. The van der Waals surface area contributed by atoms with Crippen LogP contribution in [0.3, 0.4) is 0 Å². The Balaban J connectivity index is 1.97. The van der Waals surface area contributed by atoms with Gasteiger partial charge in [0.05, 0.1) is 12.9 Å². The summed E-state index contributed by atoms with van der Waals surface area (Å²) in [4.78, 5) is 12.5. The zero-order valence-corrected chi connectivity index (χ0v) is 17.4. The number of hydrogen-bond acceptors (Lipinski definition) is 3. The molecule has 0 saturated carbocycles. The van der Waals surface area contributed by atoms with Crippen LogP contribution in [0.1, 0.15) is 30.5 Å². The molecule has 3 aromatic rings. The predicted octanol–water partition coefficient (Wildman–Crippen LogP) is 6.25. The number of amides is 1. The van der Waals surface area contributed by atoms with Crippen LogP contribution in [0.25, 0.3) is 16.5 Å². The first-order chi connectivity index (χ1) is 12.9. The number of hydrogen-bond donors (Lipinski definition) is 1. The number of rotatable bonds is 5. The van der Waals surface area contributed by atoms with E-state index < -0.39 is 0 Å². The fraction of sp³-hybridized carbons (Fsp3) is 0.227. The molecule has 0 fully saturated rings. The van der Waals surface area contributed by atoms with E-state index in [1.54, 1.807) is 12.3 Å². The van der Waals surface area contributed by atoms with Crippen molar-refractivity contribution in [2.24, 2.45) is 0 Å². The third-order valence-electron chi connectivity index (χ3n) is 4.41. The van der Waals surface area contributed by atoms with Gasteiger partial charge in [-0.25, -0.2) is 0 Å². The topological polar surface area (TPSA) is 51.5 Å². The highest BCUT2D eigenvalue weighted by Gasteiger charge is 2.17. The molecule has 1 aromatic heterocycles. The van der Waals surface area contributed by atoms with Gasteiger partial charge in [-0.15, -0.1) is 0 Å². The Morgan fingerprint density at radius 1 is 1.26 bits per heavy atom. The maximum absolute atomic E-state index is 12.5. The van der Waals surface area contributed by atoms with Crippen molar-refractivity contribution in [2.45, 2.75) is 27.7 Å². The van der Waals surface area contributed by atoms with Gasteiger partial charge in [-0.05, 0) is 69.2 Å². The fourth-order valence-corrected chi connectivity index (χ4v) is 3.31. The van der Waals surface area contributed by atoms with Crippen LogP contribution in [0, 0.1) is 13.8 Å². The molecule has 1 N–H and O–H groups in total. The first-order valence-electron chi connectivity index (χ1n) is 8.80. The number of carbonyl (C=O) groups is 1. The molecule has 0 bridgehead atoms. The molecule has 0 atom stereocenters. The number of aryl methyl sites for hydroxylation is 2. The first-order valence-corrected chi connectivity index (χ1v) is 9.59. The molecule has 1 amide bonds. The van der Waals surface area contributed by atoms with Gasteiger partial charge in [0.25, 0.3) is 0 Å². The Hall–Kier alpha value is -2.53. The summed E-state index contributed by atoms with van der Waals surface area (Å²) >= 11 is 3.39. The van der Waals surface area contributed by atoms with E-state index >= 15 is 0 Å². The summed E-state index contributed by atoms with van der Waals surface area (Å²) in [7, 11) is 0. The molecular formula is C22H22BrNO3. The SMILES string of the molecule is CCOc1c(/C(C)=C/C(=O)Nc2ccc(Br)cc2)cc2c(C)coc2c1C. The van der Waals surface area contributed by atoms with Crippen LogP contribution in [-0.4, -0.2) is 12.5 Å². The van der Waals surface area contributed by atoms with E-state index in [-0.39, 0.29) is 5.91 Å². The highest BCUT2D eigenvalue weighted by atomic mass is 79.9. The van der Waals surface area contributed by atoms with Crippen molar-refractivity contribution in [3.63, 3.8) is 0 Å². The maximum atomic E-state index is 12.5. The monoisotopic (exact) mass is 427 g/mol. The number of nitrogens with one attached hydrogen (secondary N) is 1. The summed E-state index contributed by atoms with van der Waals surface area (Å²) in [5.74, 6) is 0.573. The molecule has 140 valence electrons. The van der Waals surface area contributed by atoms with Crippen LogP contribution >= 0.6 is 15.9 Å². The van der Waals surface area contributed by atoms with Gasteiger partial charge in [0.2, 0.25) is 5.91 Å². The molecule has 0 saturated heterocycles. The molecule has 5 heteroatoms. The third kappa shape index (κ3) is 4.08. The van der Waals surface area contributed by atoms with Crippen LogP contribution in [0.2, 0.25) is 0 Å². The van der Waals surface area contributed by atoms with Crippen molar-refractivity contribution in [1.82, 2.24) is 0 Å². The molecular weight excluding hydrogens is 406 g/mol. The molecule has 0 aliphatic carbocycles. The van der Waals surface area contributed by atoms with Crippen LogP contribution < -0.4 is 10.1 Å².